The Balaban J connectivity index is 1.60. The monoisotopic (exact) mass is 334 g/mol. The average Bonchev–Trinajstić information content (AvgIpc) is 2.98. The van der Waals surface area contributed by atoms with E-state index in [2.05, 4.69) is 10.3 Å². The van der Waals surface area contributed by atoms with Gasteiger partial charge < -0.3 is 10.2 Å². The molecule has 2 aliphatic heterocycles. The van der Waals surface area contributed by atoms with Crippen molar-refractivity contribution >= 4 is 17.5 Å². The number of nitrogens with one attached hydrogen (secondary N) is 1. The predicted molar refractivity (Wildman–Crippen MR) is 93.2 cm³/mol. The van der Waals surface area contributed by atoms with Crippen LogP contribution in [-0.4, -0.2) is 46.2 Å². The highest BCUT2D eigenvalue weighted by Gasteiger charge is 2.44. The number of hydrogen-bond acceptors (Lipinski definition) is 4. The van der Waals surface area contributed by atoms with Gasteiger partial charge in [0.15, 0.2) is 5.66 Å². The standard InChI is InChI=1S/C19H18N4O2/c24-17-16(14-5-2-1-3-6-14)21-19(22-17)9-4-12-23(13-19)18(25)15-7-10-20-11-8-15/h1-3,5-8,10-11H,4,9,12-13H2,(H,22,24). The Bertz CT molecular complexity index is 835. The maximum atomic E-state index is 12.7. The summed E-state index contributed by atoms with van der Waals surface area (Å²) < 4.78 is 0. The highest BCUT2D eigenvalue weighted by molar-refractivity contribution is 6.46. The molecule has 1 N–H and O–H groups in total. The minimum Gasteiger partial charge on any atom is -0.334 e. The number of nitrogens with zero attached hydrogens (tertiary/aromatic N) is 3. The van der Waals surface area contributed by atoms with Crippen LogP contribution in [0.4, 0.5) is 0 Å². The van der Waals surface area contributed by atoms with Crippen molar-refractivity contribution in [2.24, 2.45) is 4.99 Å². The molecular formula is C19H18N4O2. The lowest BCUT2D eigenvalue weighted by atomic mass is 9.98. The summed E-state index contributed by atoms with van der Waals surface area (Å²) in [4.78, 5) is 35.6. The zero-order valence-corrected chi connectivity index (χ0v) is 13.7. The highest BCUT2D eigenvalue weighted by Crippen LogP contribution is 2.28. The van der Waals surface area contributed by atoms with Crippen LogP contribution >= 0.6 is 0 Å². The van der Waals surface area contributed by atoms with Gasteiger partial charge in [-0.3, -0.25) is 14.6 Å². The molecule has 4 rings (SSSR count). The quantitative estimate of drug-likeness (QED) is 0.907. The van der Waals surface area contributed by atoms with Crippen molar-refractivity contribution in [2.45, 2.75) is 18.5 Å². The number of rotatable bonds is 2. The minimum atomic E-state index is -0.719. The lowest BCUT2D eigenvalue weighted by Crippen LogP contribution is -2.56. The van der Waals surface area contributed by atoms with E-state index in [9.17, 15) is 9.59 Å². The lowest BCUT2D eigenvalue weighted by Gasteiger charge is -2.38. The van der Waals surface area contributed by atoms with Crippen molar-refractivity contribution in [1.29, 1.82) is 0 Å². The molecule has 1 spiro atoms. The van der Waals surface area contributed by atoms with Crippen molar-refractivity contribution in [3.05, 3.63) is 66.0 Å². The summed E-state index contributed by atoms with van der Waals surface area (Å²) in [5, 5.41) is 3.01. The van der Waals surface area contributed by atoms with Gasteiger partial charge in [0.25, 0.3) is 11.8 Å². The minimum absolute atomic E-state index is 0.0564. The molecule has 1 atom stereocenters. The summed E-state index contributed by atoms with van der Waals surface area (Å²) in [5.74, 6) is -0.233. The van der Waals surface area contributed by atoms with Gasteiger partial charge in [0.2, 0.25) is 0 Å². The van der Waals surface area contributed by atoms with Crippen molar-refractivity contribution in [3.63, 3.8) is 0 Å². The summed E-state index contributed by atoms with van der Waals surface area (Å²) in [7, 11) is 0. The van der Waals surface area contributed by atoms with Gasteiger partial charge in [0.05, 0.1) is 6.54 Å². The van der Waals surface area contributed by atoms with Crippen molar-refractivity contribution in [1.82, 2.24) is 15.2 Å². The van der Waals surface area contributed by atoms with E-state index < -0.39 is 5.66 Å². The van der Waals surface area contributed by atoms with E-state index in [0.717, 1.165) is 18.4 Å². The summed E-state index contributed by atoms with van der Waals surface area (Å²) in [6.07, 6.45) is 4.74. The normalized spacial score (nSPS) is 22.6. The van der Waals surface area contributed by atoms with E-state index >= 15 is 0 Å². The Morgan fingerprint density at radius 2 is 1.88 bits per heavy atom. The van der Waals surface area contributed by atoms with Crippen molar-refractivity contribution in [2.75, 3.05) is 13.1 Å². The highest BCUT2D eigenvalue weighted by atomic mass is 16.2. The Morgan fingerprint density at radius 3 is 2.64 bits per heavy atom. The van der Waals surface area contributed by atoms with Crippen LogP contribution in [0.15, 0.2) is 59.9 Å². The fourth-order valence-electron chi connectivity index (χ4n) is 3.43. The molecule has 0 radical (unpaired) electrons. The zero-order chi connectivity index (χ0) is 17.3. The number of benzene rings is 1. The van der Waals surface area contributed by atoms with E-state index in [1.165, 1.54) is 0 Å². The number of amides is 2. The van der Waals surface area contributed by atoms with Crippen LogP contribution in [-0.2, 0) is 4.79 Å². The van der Waals surface area contributed by atoms with Gasteiger partial charge in [-0.05, 0) is 25.0 Å². The van der Waals surface area contributed by atoms with Gasteiger partial charge in [0.1, 0.15) is 5.71 Å². The fourth-order valence-corrected chi connectivity index (χ4v) is 3.43. The Morgan fingerprint density at radius 1 is 1.12 bits per heavy atom. The van der Waals surface area contributed by atoms with Crippen LogP contribution in [0, 0.1) is 0 Å². The number of hydrogen-bond donors (Lipinski definition) is 1. The molecule has 25 heavy (non-hydrogen) atoms. The molecule has 6 heteroatoms. The molecule has 1 fully saturated rings. The number of aliphatic imine (C=N–C) groups is 1. The number of likely N-dealkylation sites (tertiary alicyclic amines) is 1. The predicted octanol–water partition coefficient (Wildman–Crippen LogP) is 1.63. The van der Waals surface area contributed by atoms with Crippen LogP contribution < -0.4 is 5.32 Å². The number of carbonyl (C=O) groups excluding carboxylic acids is 2. The van der Waals surface area contributed by atoms with E-state index in [0.29, 0.717) is 24.4 Å². The number of aromatic nitrogens is 1. The molecule has 0 bridgehead atoms. The molecule has 2 aliphatic rings. The lowest BCUT2D eigenvalue weighted by molar-refractivity contribution is -0.115. The number of pyridine rings is 1. The summed E-state index contributed by atoms with van der Waals surface area (Å²) >= 11 is 0. The van der Waals surface area contributed by atoms with Crippen LogP contribution in [0.2, 0.25) is 0 Å². The van der Waals surface area contributed by atoms with Gasteiger partial charge in [-0.15, -0.1) is 0 Å². The molecule has 2 amide bonds. The third kappa shape index (κ3) is 2.91. The van der Waals surface area contributed by atoms with Gasteiger partial charge >= 0.3 is 0 Å². The molecule has 1 unspecified atom stereocenters. The maximum absolute atomic E-state index is 12.7. The van der Waals surface area contributed by atoms with E-state index in [1.54, 1.807) is 29.4 Å². The second kappa shape index (κ2) is 6.12. The SMILES string of the molecule is O=C1NC2(CCCN(C(=O)c3ccncc3)C2)N=C1c1ccccc1. The second-order valence-corrected chi connectivity index (χ2v) is 6.38. The van der Waals surface area contributed by atoms with Crippen LogP contribution in [0.3, 0.4) is 0 Å². The van der Waals surface area contributed by atoms with Crippen LogP contribution in [0.25, 0.3) is 0 Å². The maximum Gasteiger partial charge on any atom is 0.272 e. The smallest absolute Gasteiger partial charge is 0.272 e. The molecule has 2 aromatic rings. The second-order valence-electron chi connectivity index (χ2n) is 6.38. The molecule has 0 saturated carbocycles. The van der Waals surface area contributed by atoms with Crippen molar-refractivity contribution < 1.29 is 9.59 Å². The third-order valence-corrected chi connectivity index (χ3v) is 4.62. The molecular weight excluding hydrogens is 316 g/mol. The largest absolute Gasteiger partial charge is 0.334 e. The summed E-state index contributed by atoms with van der Waals surface area (Å²) in [6, 6.07) is 12.8. The molecule has 1 aromatic heterocycles. The average molecular weight is 334 g/mol. The fraction of sp³-hybridized carbons (Fsp3) is 0.263. The first-order chi connectivity index (χ1) is 12.2. The van der Waals surface area contributed by atoms with Crippen LogP contribution in [0.1, 0.15) is 28.8 Å². The van der Waals surface area contributed by atoms with Gasteiger partial charge in [-0.25, -0.2) is 4.99 Å². The number of carbonyl (C=O) groups is 2. The molecule has 1 aromatic carbocycles. The number of piperidine rings is 1. The first-order valence-corrected chi connectivity index (χ1v) is 8.34. The van der Waals surface area contributed by atoms with E-state index in [-0.39, 0.29) is 11.8 Å². The molecule has 3 heterocycles. The van der Waals surface area contributed by atoms with Crippen LogP contribution in [0.5, 0.6) is 0 Å². The summed E-state index contributed by atoms with van der Waals surface area (Å²) in [6.45, 7) is 1.05. The molecule has 126 valence electrons. The Hall–Kier alpha value is -3.02. The summed E-state index contributed by atoms with van der Waals surface area (Å²) in [5.41, 5.74) is 1.13. The Kier molecular flexibility index (Phi) is 3.80. The van der Waals surface area contributed by atoms with Crippen molar-refractivity contribution in [3.8, 4) is 0 Å². The first-order valence-electron chi connectivity index (χ1n) is 8.34. The van der Waals surface area contributed by atoms with E-state index in [1.807, 2.05) is 30.3 Å². The molecule has 6 nitrogen and oxygen atoms in total. The third-order valence-electron chi connectivity index (χ3n) is 4.62. The molecule has 0 aliphatic carbocycles. The van der Waals surface area contributed by atoms with Gasteiger partial charge in [-0.1, -0.05) is 30.3 Å². The first kappa shape index (κ1) is 15.5. The Labute approximate surface area is 145 Å². The zero-order valence-electron chi connectivity index (χ0n) is 13.7. The van der Waals surface area contributed by atoms with Gasteiger partial charge in [-0.2, -0.15) is 0 Å². The topological polar surface area (TPSA) is 74.7 Å². The molecule has 1 saturated heterocycles. The van der Waals surface area contributed by atoms with Gasteiger partial charge in [0, 0.05) is 30.1 Å². The van der Waals surface area contributed by atoms with E-state index in [4.69, 9.17) is 4.99 Å².